The van der Waals surface area contributed by atoms with E-state index in [1.165, 1.54) is 46.8 Å². The topological polar surface area (TPSA) is 104 Å². The standard InChI is InChI=1S/C20H23ClN2O5S/c1-3-11-23(12-4-2)29(27,28)16-8-5-14(6-9-16)19(24)22-18-10-7-15(21)13-17(18)20(25)26/h5-10,13H,3-4,11-12H2,1-2H3,(H,22,24)(H,25,26). The van der Waals surface area contributed by atoms with Gasteiger partial charge in [-0.2, -0.15) is 4.31 Å². The van der Waals surface area contributed by atoms with Gasteiger partial charge in [-0.3, -0.25) is 4.79 Å². The number of benzene rings is 2. The molecule has 0 saturated carbocycles. The summed E-state index contributed by atoms with van der Waals surface area (Å²) in [4.78, 5) is 23.9. The zero-order valence-corrected chi connectivity index (χ0v) is 17.8. The number of nitrogens with zero attached hydrogens (tertiary/aromatic N) is 1. The molecule has 0 heterocycles. The van der Waals surface area contributed by atoms with Crippen molar-refractivity contribution in [2.45, 2.75) is 31.6 Å². The molecular formula is C20H23ClN2O5S. The van der Waals surface area contributed by atoms with Gasteiger partial charge >= 0.3 is 5.97 Å². The van der Waals surface area contributed by atoms with Crippen molar-refractivity contribution in [1.82, 2.24) is 4.31 Å². The number of rotatable bonds is 9. The second kappa shape index (κ2) is 9.87. The maximum absolute atomic E-state index is 12.8. The third kappa shape index (κ3) is 5.56. The molecule has 29 heavy (non-hydrogen) atoms. The smallest absolute Gasteiger partial charge is 0.337 e. The number of amides is 1. The van der Waals surface area contributed by atoms with E-state index in [0.717, 1.165) is 0 Å². The first-order valence-electron chi connectivity index (χ1n) is 9.15. The number of carboxylic acid groups (broad SMARTS) is 1. The Hall–Kier alpha value is -2.42. The van der Waals surface area contributed by atoms with Gasteiger partial charge in [0.25, 0.3) is 5.91 Å². The second-order valence-corrected chi connectivity index (χ2v) is 8.75. The van der Waals surface area contributed by atoms with Crippen molar-refractivity contribution in [3.63, 3.8) is 0 Å². The highest BCUT2D eigenvalue weighted by Crippen LogP contribution is 2.22. The van der Waals surface area contributed by atoms with Gasteiger partial charge < -0.3 is 10.4 Å². The van der Waals surface area contributed by atoms with E-state index in [4.69, 9.17) is 11.6 Å². The van der Waals surface area contributed by atoms with Gasteiger partial charge in [-0.15, -0.1) is 0 Å². The molecule has 2 aromatic carbocycles. The summed E-state index contributed by atoms with van der Waals surface area (Å²) in [6, 6.07) is 9.66. The van der Waals surface area contributed by atoms with Gasteiger partial charge in [0.05, 0.1) is 16.1 Å². The molecule has 7 nitrogen and oxygen atoms in total. The fraction of sp³-hybridized carbons (Fsp3) is 0.300. The van der Waals surface area contributed by atoms with Crippen LogP contribution in [0.15, 0.2) is 47.4 Å². The number of sulfonamides is 1. The fourth-order valence-corrected chi connectivity index (χ4v) is 4.57. The molecule has 1 amide bonds. The number of carbonyl (C=O) groups excluding carboxylic acids is 1. The lowest BCUT2D eigenvalue weighted by Gasteiger charge is -2.21. The maximum Gasteiger partial charge on any atom is 0.337 e. The monoisotopic (exact) mass is 438 g/mol. The van der Waals surface area contributed by atoms with Crippen LogP contribution in [0.3, 0.4) is 0 Å². The van der Waals surface area contributed by atoms with E-state index in [1.807, 2.05) is 13.8 Å². The number of carboxylic acids is 1. The third-order valence-corrected chi connectivity index (χ3v) is 6.31. The Morgan fingerprint density at radius 2 is 1.62 bits per heavy atom. The normalized spacial score (nSPS) is 11.4. The molecule has 156 valence electrons. The number of hydrogen-bond donors (Lipinski definition) is 2. The Morgan fingerprint density at radius 1 is 1.03 bits per heavy atom. The van der Waals surface area contributed by atoms with Gasteiger partial charge in [-0.05, 0) is 55.3 Å². The number of nitrogens with one attached hydrogen (secondary N) is 1. The summed E-state index contributed by atoms with van der Waals surface area (Å²) >= 11 is 5.81. The third-order valence-electron chi connectivity index (χ3n) is 4.16. The molecule has 2 aromatic rings. The second-order valence-electron chi connectivity index (χ2n) is 6.38. The van der Waals surface area contributed by atoms with E-state index >= 15 is 0 Å². The Bertz CT molecular complexity index is 984. The van der Waals surface area contributed by atoms with Crippen molar-refractivity contribution in [3.8, 4) is 0 Å². The average Bonchev–Trinajstić information content (AvgIpc) is 2.69. The zero-order valence-electron chi connectivity index (χ0n) is 16.2. The van der Waals surface area contributed by atoms with Crippen molar-refractivity contribution in [2.75, 3.05) is 18.4 Å². The van der Waals surface area contributed by atoms with E-state index in [0.29, 0.717) is 25.9 Å². The van der Waals surface area contributed by atoms with Crippen LogP contribution in [0.1, 0.15) is 47.4 Å². The first-order valence-corrected chi connectivity index (χ1v) is 11.0. The molecule has 0 aliphatic carbocycles. The molecule has 0 aliphatic heterocycles. The van der Waals surface area contributed by atoms with Gasteiger partial charge in [0, 0.05) is 23.7 Å². The number of hydrogen-bond acceptors (Lipinski definition) is 4. The molecular weight excluding hydrogens is 416 g/mol. The lowest BCUT2D eigenvalue weighted by Crippen LogP contribution is -2.32. The SMILES string of the molecule is CCCN(CCC)S(=O)(=O)c1ccc(C(=O)Nc2ccc(Cl)cc2C(=O)O)cc1. The lowest BCUT2D eigenvalue weighted by atomic mass is 10.1. The summed E-state index contributed by atoms with van der Waals surface area (Å²) in [5.74, 6) is -1.78. The van der Waals surface area contributed by atoms with Crippen LogP contribution in [0.2, 0.25) is 5.02 Å². The molecule has 0 aliphatic rings. The highest BCUT2D eigenvalue weighted by Gasteiger charge is 2.23. The first-order chi connectivity index (χ1) is 13.7. The van der Waals surface area contributed by atoms with Crippen molar-refractivity contribution in [3.05, 3.63) is 58.6 Å². The summed E-state index contributed by atoms with van der Waals surface area (Å²) in [7, 11) is -3.64. The molecule has 9 heteroatoms. The van der Waals surface area contributed by atoms with E-state index in [2.05, 4.69) is 5.32 Å². The number of halogens is 1. The Balaban J connectivity index is 2.24. The highest BCUT2D eigenvalue weighted by molar-refractivity contribution is 7.89. The van der Waals surface area contributed by atoms with E-state index in [-0.39, 0.29) is 26.7 Å². The minimum atomic E-state index is -3.64. The van der Waals surface area contributed by atoms with Crippen LogP contribution < -0.4 is 5.32 Å². The van der Waals surface area contributed by atoms with Gasteiger partial charge in [0.1, 0.15) is 0 Å². The molecule has 0 unspecified atom stereocenters. The minimum absolute atomic E-state index is 0.0978. The fourth-order valence-electron chi connectivity index (χ4n) is 2.78. The van der Waals surface area contributed by atoms with E-state index in [1.54, 1.807) is 0 Å². The minimum Gasteiger partial charge on any atom is -0.478 e. The molecule has 0 aromatic heterocycles. The molecule has 0 saturated heterocycles. The molecule has 0 atom stereocenters. The molecule has 2 N–H and O–H groups in total. The summed E-state index contributed by atoms with van der Waals surface area (Å²) in [5.41, 5.74) is 0.160. The number of anilines is 1. The van der Waals surface area contributed by atoms with E-state index in [9.17, 15) is 23.1 Å². The Kier molecular flexibility index (Phi) is 7.78. The number of carbonyl (C=O) groups is 2. The van der Waals surface area contributed by atoms with Gasteiger partial charge in [0.2, 0.25) is 10.0 Å². The molecule has 0 radical (unpaired) electrons. The van der Waals surface area contributed by atoms with Crippen LogP contribution in [0.25, 0.3) is 0 Å². The number of aromatic carboxylic acids is 1. The van der Waals surface area contributed by atoms with Crippen molar-refractivity contribution >= 4 is 39.2 Å². The average molecular weight is 439 g/mol. The van der Waals surface area contributed by atoms with Crippen LogP contribution in [0, 0.1) is 0 Å². The predicted octanol–water partition coefficient (Wildman–Crippen LogP) is 4.10. The van der Waals surface area contributed by atoms with Crippen molar-refractivity contribution in [2.24, 2.45) is 0 Å². The van der Waals surface area contributed by atoms with Crippen molar-refractivity contribution < 1.29 is 23.1 Å². The molecule has 0 fully saturated rings. The lowest BCUT2D eigenvalue weighted by molar-refractivity contribution is 0.0698. The summed E-state index contributed by atoms with van der Waals surface area (Å²) in [6.07, 6.45) is 1.40. The van der Waals surface area contributed by atoms with Gasteiger partial charge in [-0.1, -0.05) is 25.4 Å². The molecule has 2 rings (SSSR count). The van der Waals surface area contributed by atoms with E-state index < -0.39 is 21.9 Å². The first kappa shape index (κ1) is 22.9. The quantitative estimate of drug-likeness (QED) is 0.613. The van der Waals surface area contributed by atoms with Gasteiger partial charge in [-0.25, -0.2) is 13.2 Å². The largest absolute Gasteiger partial charge is 0.478 e. The maximum atomic E-state index is 12.8. The summed E-state index contributed by atoms with van der Waals surface area (Å²) < 4.78 is 27.0. The highest BCUT2D eigenvalue weighted by atomic mass is 35.5. The van der Waals surface area contributed by atoms with Crippen LogP contribution in [-0.2, 0) is 10.0 Å². The van der Waals surface area contributed by atoms with Crippen LogP contribution in [-0.4, -0.2) is 42.8 Å². The summed E-state index contributed by atoms with van der Waals surface area (Å²) in [5, 5.41) is 12.0. The Morgan fingerprint density at radius 3 is 2.14 bits per heavy atom. The molecule has 0 spiro atoms. The van der Waals surface area contributed by atoms with Crippen LogP contribution >= 0.6 is 11.6 Å². The van der Waals surface area contributed by atoms with Gasteiger partial charge in [0.15, 0.2) is 0 Å². The van der Waals surface area contributed by atoms with Crippen LogP contribution in [0.4, 0.5) is 5.69 Å². The summed E-state index contributed by atoms with van der Waals surface area (Å²) in [6.45, 7) is 4.67. The Labute approximate surface area is 175 Å². The zero-order chi connectivity index (χ0) is 21.6. The van der Waals surface area contributed by atoms with Crippen molar-refractivity contribution in [1.29, 1.82) is 0 Å². The van der Waals surface area contributed by atoms with Crippen LogP contribution in [0.5, 0.6) is 0 Å². The predicted molar refractivity (Wildman–Crippen MR) is 112 cm³/mol. The molecule has 0 bridgehead atoms.